The summed E-state index contributed by atoms with van der Waals surface area (Å²) < 4.78 is 17.0. The predicted octanol–water partition coefficient (Wildman–Crippen LogP) is 6.25. The van der Waals surface area contributed by atoms with E-state index in [0.717, 1.165) is 24.7 Å². The van der Waals surface area contributed by atoms with Crippen molar-refractivity contribution in [2.45, 2.75) is 110 Å². The van der Waals surface area contributed by atoms with E-state index < -0.39 is 12.6 Å². The van der Waals surface area contributed by atoms with Crippen molar-refractivity contribution >= 4 is 11.9 Å². The number of hydrogen-bond acceptors (Lipinski definition) is 6. The zero-order valence-corrected chi connectivity index (χ0v) is 23.2. The lowest BCUT2D eigenvalue weighted by Crippen LogP contribution is -2.38. The Kier molecular flexibility index (Phi) is 14.7. The van der Waals surface area contributed by atoms with E-state index in [1.165, 1.54) is 70.6 Å². The fraction of sp³-hybridized carbons (Fsp3) is 0.867. The van der Waals surface area contributed by atoms with E-state index in [1.54, 1.807) is 13.8 Å². The quantitative estimate of drug-likeness (QED) is 0.151. The van der Waals surface area contributed by atoms with E-state index >= 15 is 0 Å². The summed E-state index contributed by atoms with van der Waals surface area (Å²) in [6.45, 7) is 9.90. The van der Waals surface area contributed by atoms with E-state index in [4.69, 9.17) is 19.3 Å². The summed E-state index contributed by atoms with van der Waals surface area (Å²) in [5.74, 6) is 1.08. The van der Waals surface area contributed by atoms with Gasteiger partial charge in [0, 0.05) is 6.61 Å². The molecule has 0 aromatic heterocycles. The summed E-state index contributed by atoms with van der Waals surface area (Å²) in [5.41, 5.74) is 0.0167. The Morgan fingerprint density at radius 3 is 2.08 bits per heavy atom. The zero-order chi connectivity index (χ0) is 26.3. The van der Waals surface area contributed by atoms with Crippen LogP contribution in [-0.4, -0.2) is 49.6 Å². The van der Waals surface area contributed by atoms with Gasteiger partial charge in [-0.25, -0.2) is 4.79 Å². The molecule has 0 aromatic carbocycles. The second-order valence-corrected chi connectivity index (χ2v) is 11.5. The molecule has 1 heterocycles. The third-order valence-corrected chi connectivity index (χ3v) is 8.17. The van der Waals surface area contributed by atoms with Crippen LogP contribution in [0.15, 0.2) is 12.2 Å². The standard InChI is InChI=1S/C30H52O6/c1-5-6-7-8-9-24-10-12-25(13-11-24)14-15-26-16-17-28(34-19-26)27(20-35-29(32)22(2)3)21-36-30(33)23(4)18-31/h22,24-28,31H,4-21H2,1-3H3. The summed E-state index contributed by atoms with van der Waals surface area (Å²) >= 11 is 0. The molecule has 1 aliphatic carbocycles. The molecule has 208 valence electrons. The Hall–Kier alpha value is -1.40. The number of esters is 2. The van der Waals surface area contributed by atoms with Crippen molar-refractivity contribution in [3.8, 4) is 0 Å². The molecule has 2 aliphatic rings. The minimum absolute atomic E-state index is 0.0167. The van der Waals surface area contributed by atoms with E-state index in [0.29, 0.717) is 12.5 Å². The molecule has 0 amide bonds. The van der Waals surface area contributed by atoms with Crippen LogP contribution in [0, 0.1) is 29.6 Å². The van der Waals surface area contributed by atoms with Crippen LogP contribution in [0.5, 0.6) is 0 Å². The number of carbonyl (C=O) groups excluding carboxylic acids is 2. The predicted molar refractivity (Wildman–Crippen MR) is 142 cm³/mol. The molecule has 36 heavy (non-hydrogen) atoms. The van der Waals surface area contributed by atoms with Gasteiger partial charge >= 0.3 is 11.9 Å². The van der Waals surface area contributed by atoms with Gasteiger partial charge in [-0.05, 0) is 37.0 Å². The fourth-order valence-corrected chi connectivity index (χ4v) is 5.53. The fourth-order valence-electron chi connectivity index (χ4n) is 5.53. The molecule has 0 aromatic rings. The highest BCUT2D eigenvalue weighted by molar-refractivity contribution is 5.87. The third-order valence-electron chi connectivity index (χ3n) is 8.17. The summed E-state index contributed by atoms with van der Waals surface area (Å²) in [6.07, 6.45) is 16.9. The van der Waals surface area contributed by atoms with Crippen LogP contribution < -0.4 is 0 Å². The van der Waals surface area contributed by atoms with E-state index in [2.05, 4.69) is 13.5 Å². The molecule has 0 bridgehead atoms. The molecule has 1 saturated heterocycles. The number of hydrogen-bond donors (Lipinski definition) is 1. The van der Waals surface area contributed by atoms with E-state index in [9.17, 15) is 9.59 Å². The summed E-state index contributed by atoms with van der Waals surface area (Å²) in [6, 6.07) is 0. The van der Waals surface area contributed by atoms with Gasteiger partial charge in [-0.1, -0.05) is 91.6 Å². The van der Waals surface area contributed by atoms with E-state index in [1.807, 2.05) is 0 Å². The highest BCUT2D eigenvalue weighted by Gasteiger charge is 2.31. The Morgan fingerprint density at radius 2 is 1.50 bits per heavy atom. The number of unbranched alkanes of at least 4 members (excludes halogenated alkanes) is 3. The Morgan fingerprint density at radius 1 is 0.889 bits per heavy atom. The summed E-state index contributed by atoms with van der Waals surface area (Å²) in [5, 5.41) is 9.10. The van der Waals surface area contributed by atoms with Crippen LogP contribution in [0.4, 0.5) is 0 Å². The van der Waals surface area contributed by atoms with Gasteiger partial charge in [-0.15, -0.1) is 0 Å². The average molecular weight is 509 g/mol. The molecular formula is C30H52O6. The largest absolute Gasteiger partial charge is 0.465 e. The normalized spacial score (nSPS) is 25.4. The molecule has 2 rings (SSSR count). The Labute approximate surface area is 219 Å². The minimum Gasteiger partial charge on any atom is -0.465 e. The molecule has 3 atom stereocenters. The van der Waals surface area contributed by atoms with Crippen molar-refractivity contribution in [3.63, 3.8) is 0 Å². The molecule has 1 saturated carbocycles. The lowest BCUT2D eigenvalue weighted by atomic mass is 9.77. The van der Waals surface area contributed by atoms with Crippen LogP contribution in [0.3, 0.4) is 0 Å². The first kappa shape index (κ1) is 30.8. The average Bonchev–Trinajstić information content (AvgIpc) is 2.90. The highest BCUT2D eigenvalue weighted by Crippen LogP contribution is 2.36. The van der Waals surface area contributed by atoms with Gasteiger partial charge in [0.15, 0.2) is 0 Å². The number of ether oxygens (including phenoxy) is 3. The molecule has 0 spiro atoms. The molecular weight excluding hydrogens is 456 g/mol. The number of rotatable bonds is 16. The van der Waals surface area contributed by atoms with Crippen LogP contribution in [-0.2, 0) is 23.8 Å². The van der Waals surface area contributed by atoms with Crippen LogP contribution >= 0.6 is 0 Å². The van der Waals surface area contributed by atoms with Crippen molar-refractivity contribution in [1.82, 2.24) is 0 Å². The van der Waals surface area contributed by atoms with Crippen LogP contribution in [0.2, 0.25) is 0 Å². The minimum atomic E-state index is -0.623. The molecule has 3 unspecified atom stereocenters. The van der Waals surface area contributed by atoms with Crippen molar-refractivity contribution in [2.75, 3.05) is 26.4 Å². The number of carbonyl (C=O) groups is 2. The van der Waals surface area contributed by atoms with Gasteiger partial charge in [0.1, 0.15) is 6.61 Å². The molecule has 2 fully saturated rings. The van der Waals surface area contributed by atoms with Crippen molar-refractivity contribution in [3.05, 3.63) is 12.2 Å². The monoisotopic (exact) mass is 508 g/mol. The van der Waals surface area contributed by atoms with Crippen LogP contribution in [0.25, 0.3) is 0 Å². The maximum absolute atomic E-state index is 12.0. The van der Waals surface area contributed by atoms with Gasteiger partial charge in [-0.3, -0.25) is 4.79 Å². The molecule has 0 radical (unpaired) electrons. The molecule has 1 aliphatic heterocycles. The molecule has 6 heteroatoms. The first-order chi connectivity index (χ1) is 17.3. The lowest BCUT2D eigenvalue weighted by molar-refractivity contribution is -0.156. The van der Waals surface area contributed by atoms with Crippen molar-refractivity contribution in [1.29, 1.82) is 0 Å². The van der Waals surface area contributed by atoms with Gasteiger partial charge < -0.3 is 19.3 Å². The number of aliphatic hydroxyl groups excluding tert-OH is 1. The second kappa shape index (κ2) is 17.2. The van der Waals surface area contributed by atoms with Gasteiger partial charge in [0.25, 0.3) is 0 Å². The van der Waals surface area contributed by atoms with E-state index in [-0.39, 0.29) is 42.7 Å². The SMILES string of the molecule is C=C(CO)C(=O)OCC(COC(=O)C(C)C)C1CCC(CCC2CCC(CCCCCC)CC2)CO1. The first-order valence-electron chi connectivity index (χ1n) is 14.6. The molecule has 1 N–H and O–H groups in total. The van der Waals surface area contributed by atoms with Gasteiger partial charge in [0.2, 0.25) is 0 Å². The van der Waals surface area contributed by atoms with Gasteiger partial charge in [0.05, 0.1) is 36.7 Å². The lowest BCUT2D eigenvalue weighted by Gasteiger charge is -2.35. The maximum Gasteiger partial charge on any atom is 0.335 e. The topological polar surface area (TPSA) is 82.1 Å². The summed E-state index contributed by atoms with van der Waals surface area (Å²) in [4.78, 5) is 24.0. The van der Waals surface area contributed by atoms with Crippen molar-refractivity contribution in [2.24, 2.45) is 29.6 Å². The number of aliphatic hydroxyl groups is 1. The first-order valence-corrected chi connectivity index (χ1v) is 14.6. The Bertz CT molecular complexity index is 644. The smallest absolute Gasteiger partial charge is 0.335 e. The maximum atomic E-state index is 12.0. The zero-order valence-electron chi connectivity index (χ0n) is 23.2. The van der Waals surface area contributed by atoms with Crippen LogP contribution in [0.1, 0.15) is 104 Å². The highest BCUT2D eigenvalue weighted by atomic mass is 16.6. The Balaban J connectivity index is 1.71. The second-order valence-electron chi connectivity index (χ2n) is 11.5. The van der Waals surface area contributed by atoms with Gasteiger partial charge in [-0.2, -0.15) is 0 Å². The molecule has 6 nitrogen and oxygen atoms in total. The summed E-state index contributed by atoms with van der Waals surface area (Å²) in [7, 11) is 0. The van der Waals surface area contributed by atoms with Crippen molar-refractivity contribution < 1.29 is 28.9 Å². The third kappa shape index (κ3) is 11.3.